The summed E-state index contributed by atoms with van der Waals surface area (Å²) in [5.41, 5.74) is 7.61. The molecule has 4 rings (SSSR count). The minimum absolute atomic E-state index is 0.00299. The van der Waals surface area contributed by atoms with Crippen molar-refractivity contribution in [3.05, 3.63) is 110 Å². The molecule has 2 aromatic carbocycles. The van der Waals surface area contributed by atoms with Crippen LogP contribution in [0.5, 0.6) is 0 Å². The van der Waals surface area contributed by atoms with Crippen LogP contribution < -0.4 is 5.56 Å². The van der Waals surface area contributed by atoms with E-state index in [-0.39, 0.29) is 11.0 Å². The van der Waals surface area contributed by atoms with E-state index in [9.17, 15) is 10.1 Å². The Bertz CT molecular complexity index is 1410. The first-order valence-electron chi connectivity index (χ1n) is 12.9. The average Bonchev–Trinajstić information content (AvgIpc) is 2.86. The summed E-state index contributed by atoms with van der Waals surface area (Å²) in [4.78, 5) is 18.7. The highest BCUT2D eigenvalue weighted by Crippen LogP contribution is 2.28. The molecule has 1 heterocycles. The van der Waals surface area contributed by atoms with Crippen molar-refractivity contribution in [2.24, 2.45) is 0 Å². The zero-order valence-electron chi connectivity index (χ0n) is 22.1. The first-order valence-corrected chi connectivity index (χ1v) is 12.9. The van der Waals surface area contributed by atoms with Crippen molar-refractivity contribution in [2.45, 2.75) is 72.1 Å². The summed E-state index contributed by atoms with van der Waals surface area (Å²) in [6, 6.07) is 18.8. The van der Waals surface area contributed by atoms with E-state index in [0.717, 1.165) is 64.9 Å². The van der Waals surface area contributed by atoms with Crippen LogP contribution in [0.4, 0.5) is 0 Å². The van der Waals surface area contributed by atoms with Crippen LogP contribution in [0.3, 0.4) is 0 Å². The molecule has 0 unspecified atom stereocenters. The van der Waals surface area contributed by atoms with Crippen LogP contribution >= 0.6 is 0 Å². The molecule has 3 aromatic rings. The molecule has 4 nitrogen and oxygen atoms in total. The van der Waals surface area contributed by atoms with Crippen molar-refractivity contribution in [3.8, 4) is 11.8 Å². The molecule has 184 valence electrons. The lowest BCUT2D eigenvalue weighted by molar-refractivity contribution is 0.590. The number of hydrogen-bond donors (Lipinski definition) is 0. The lowest BCUT2D eigenvalue weighted by Gasteiger charge is -2.20. The molecule has 36 heavy (non-hydrogen) atoms. The maximum Gasteiger partial charge on any atom is 0.261 e. The molecular weight excluding hydrogens is 442 g/mol. The summed E-state index contributed by atoms with van der Waals surface area (Å²) in [5.74, 6) is 0.714. The number of aromatic nitrogens is 2. The second-order valence-electron chi connectivity index (χ2n) is 10.6. The van der Waals surface area contributed by atoms with Gasteiger partial charge in [0.1, 0.15) is 5.82 Å². The van der Waals surface area contributed by atoms with Gasteiger partial charge in [-0.3, -0.25) is 9.36 Å². The minimum Gasteiger partial charge on any atom is -0.269 e. The molecule has 0 N–H and O–H groups in total. The Balaban J connectivity index is 1.71. The molecule has 0 saturated heterocycles. The van der Waals surface area contributed by atoms with Gasteiger partial charge in [0.15, 0.2) is 0 Å². The molecule has 1 aliphatic carbocycles. The van der Waals surface area contributed by atoms with E-state index in [4.69, 9.17) is 4.98 Å². The summed E-state index contributed by atoms with van der Waals surface area (Å²) in [7, 11) is 0. The lowest BCUT2D eigenvalue weighted by atomic mass is 9.87. The van der Waals surface area contributed by atoms with Crippen molar-refractivity contribution >= 4 is 5.57 Å². The van der Waals surface area contributed by atoms with Gasteiger partial charge in [0.25, 0.3) is 5.56 Å². The minimum atomic E-state index is 0.00299. The number of hydrogen-bond acceptors (Lipinski definition) is 3. The largest absolute Gasteiger partial charge is 0.269 e. The van der Waals surface area contributed by atoms with E-state index in [2.05, 4.69) is 76.2 Å². The number of nitriles is 1. The monoisotopic (exact) mass is 477 g/mol. The standard InChI is InChI=1S/C32H35N3O/c1-6-9-30-29(20-23-12-14-24(15-13-23)28-11-8-7-10-25(28)21-33)31(36)35(22(2)34-30)27-18-16-26(17-19-27)32(3,4)5/h10-19H,6-9,20H2,1-5H3. The first-order chi connectivity index (χ1) is 17.2. The van der Waals surface area contributed by atoms with Gasteiger partial charge in [-0.25, -0.2) is 4.98 Å². The van der Waals surface area contributed by atoms with Gasteiger partial charge in [0.2, 0.25) is 0 Å². The van der Waals surface area contributed by atoms with Crippen LogP contribution in [0.2, 0.25) is 0 Å². The SMILES string of the molecule is CCCc1nc(C)n(-c2ccc(C(C)(C)C)cc2)c(=O)c1Cc1ccc(C2=CCCC=C2C#N)cc1. The van der Waals surface area contributed by atoms with Crippen molar-refractivity contribution in [2.75, 3.05) is 0 Å². The summed E-state index contributed by atoms with van der Waals surface area (Å²) in [6.45, 7) is 10.6. The Kier molecular flexibility index (Phi) is 7.40. The second-order valence-corrected chi connectivity index (χ2v) is 10.6. The fourth-order valence-corrected chi connectivity index (χ4v) is 4.81. The molecule has 1 aromatic heterocycles. The molecule has 0 bridgehead atoms. The van der Waals surface area contributed by atoms with E-state index in [1.165, 1.54) is 5.56 Å². The van der Waals surface area contributed by atoms with Crippen LogP contribution in [0.15, 0.2) is 71.1 Å². The van der Waals surface area contributed by atoms with E-state index in [1.54, 1.807) is 4.57 Å². The zero-order chi connectivity index (χ0) is 25.9. The maximum absolute atomic E-state index is 13.8. The molecular formula is C32H35N3O. The molecule has 1 aliphatic rings. The predicted molar refractivity (Wildman–Crippen MR) is 147 cm³/mol. The van der Waals surface area contributed by atoms with Crippen molar-refractivity contribution in [1.82, 2.24) is 9.55 Å². The van der Waals surface area contributed by atoms with Gasteiger partial charge in [0.05, 0.1) is 23.0 Å². The molecule has 0 saturated carbocycles. The lowest BCUT2D eigenvalue weighted by Crippen LogP contribution is -2.28. The van der Waals surface area contributed by atoms with E-state index in [0.29, 0.717) is 12.2 Å². The van der Waals surface area contributed by atoms with Crippen molar-refractivity contribution < 1.29 is 0 Å². The van der Waals surface area contributed by atoms with Crippen molar-refractivity contribution in [3.63, 3.8) is 0 Å². The van der Waals surface area contributed by atoms with Gasteiger partial charge < -0.3 is 0 Å². The van der Waals surface area contributed by atoms with Crippen LogP contribution in [0, 0.1) is 18.3 Å². The Morgan fingerprint density at radius 2 is 1.67 bits per heavy atom. The van der Waals surface area contributed by atoms with Gasteiger partial charge in [-0.15, -0.1) is 0 Å². The number of nitrogens with zero attached hydrogens (tertiary/aromatic N) is 3. The Morgan fingerprint density at radius 3 is 2.28 bits per heavy atom. The van der Waals surface area contributed by atoms with E-state index >= 15 is 0 Å². The van der Waals surface area contributed by atoms with Gasteiger partial charge in [-0.05, 0) is 66.0 Å². The molecule has 0 radical (unpaired) electrons. The molecule has 0 amide bonds. The second kappa shape index (κ2) is 10.5. The smallest absolute Gasteiger partial charge is 0.261 e. The number of aryl methyl sites for hydroxylation is 2. The Hall–Kier alpha value is -3.71. The van der Waals surface area contributed by atoms with Gasteiger partial charge in [0, 0.05) is 12.0 Å². The third kappa shape index (κ3) is 5.26. The van der Waals surface area contributed by atoms with E-state index < -0.39 is 0 Å². The topological polar surface area (TPSA) is 58.7 Å². The third-order valence-corrected chi connectivity index (χ3v) is 6.83. The normalized spacial score (nSPS) is 13.7. The fourth-order valence-electron chi connectivity index (χ4n) is 4.81. The quantitative estimate of drug-likeness (QED) is 0.384. The highest BCUT2D eigenvalue weighted by molar-refractivity contribution is 5.83. The van der Waals surface area contributed by atoms with Gasteiger partial charge in [-0.1, -0.05) is 82.7 Å². The molecule has 4 heteroatoms. The number of allylic oxidation sites excluding steroid dienone is 4. The van der Waals surface area contributed by atoms with Crippen LogP contribution in [0.25, 0.3) is 11.3 Å². The summed E-state index contributed by atoms with van der Waals surface area (Å²) < 4.78 is 1.74. The fraction of sp³-hybridized carbons (Fsp3) is 0.344. The summed E-state index contributed by atoms with van der Waals surface area (Å²) >= 11 is 0. The predicted octanol–water partition coefficient (Wildman–Crippen LogP) is 7.01. The molecule has 0 spiro atoms. The van der Waals surface area contributed by atoms with Gasteiger partial charge >= 0.3 is 0 Å². The van der Waals surface area contributed by atoms with Crippen LogP contribution in [-0.2, 0) is 18.3 Å². The highest BCUT2D eigenvalue weighted by atomic mass is 16.1. The van der Waals surface area contributed by atoms with Gasteiger partial charge in [-0.2, -0.15) is 5.26 Å². The summed E-state index contributed by atoms with van der Waals surface area (Å²) in [6.07, 6.45) is 8.25. The van der Waals surface area contributed by atoms with Crippen molar-refractivity contribution in [1.29, 1.82) is 5.26 Å². The van der Waals surface area contributed by atoms with Crippen LogP contribution in [0.1, 0.15) is 80.7 Å². The molecule has 0 aliphatic heterocycles. The van der Waals surface area contributed by atoms with E-state index in [1.807, 2.05) is 25.1 Å². The molecule has 0 atom stereocenters. The summed E-state index contributed by atoms with van der Waals surface area (Å²) in [5, 5.41) is 9.48. The average molecular weight is 478 g/mol. The first kappa shape index (κ1) is 25.4. The Morgan fingerprint density at radius 1 is 1.00 bits per heavy atom. The number of benzene rings is 2. The third-order valence-electron chi connectivity index (χ3n) is 6.83. The maximum atomic E-state index is 13.8. The zero-order valence-corrected chi connectivity index (χ0v) is 22.1. The Labute approximate surface area is 214 Å². The molecule has 0 fully saturated rings. The number of rotatable bonds is 6. The highest BCUT2D eigenvalue weighted by Gasteiger charge is 2.18. The van der Waals surface area contributed by atoms with Crippen LogP contribution in [-0.4, -0.2) is 9.55 Å².